The maximum absolute atomic E-state index is 14.7. The van der Waals surface area contributed by atoms with Crippen molar-refractivity contribution in [1.29, 1.82) is 0 Å². The van der Waals surface area contributed by atoms with Crippen molar-refractivity contribution in [2.75, 3.05) is 10.8 Å². The number of nitrogens with one attached hydrogen (secondary N) is 1. The Labute approximate surface area is 296 Å². The summed E-state index contributed by atoms with van der Waals surface area (Å²) in [6.45, 7) is 2.71. The number of sulfonamides is 1. The molecule has 0 spiro atoms. The Hall–Kier alpha value is -4.35. The molecule has 50 heavy (non-hydrogen) atoms. The molecule has 264 valence electrons. The van der Waals surface area contributed by atoms with Gasteiger partial charge in [0.25, 0.3) is 10.0 Å². The number of carbonyl (C=O) groups excluding carboxylic acids is 2. The number of rotatable bonds is 12. The van der Waals surface area contributed by atoms with Crippen LogP contribution in [-0.2, 0) is 38.8 Å². The summed E-state index contributed by atoms with van der Waals surface area (Å²) < 4.78 is 71.2. The Bertz CT molecular complexity index is 1920. The summed E-state index contributed by atoms with van der Waals surface area (Å²) in [6, 6.07) is 23.9. The van der Waals surface area contributed by atoms with Crippen LogP contribution in [-0.4, -0.2) is 43.8 Å². The first-order chi connectivity index (χ1) is 23.7. The molecule has 0 saturated heterocycles. The number of benzene rings is 4. The number of amides is 2. The van der Waals surface area contributed by atoms with E-state index in [2.05, 4.69) is 5.32 Å². The highest BCUT2D eigenvalue weighted by Gasteiger charge is 2.38. The number of nitrogens with zero attached hydrogens (tertiary/aromatic N) is 2. The van der Waals surface area contributed by atoms with Crippen molar-refractivity contribution in [3.8, 4) is 0 Å². The maximum atomic E-state index is 14.7. The monoisotopic (exact) mass is 725 g/mol. The van der Waals surface area contributed by atoms with Gasteiger partial charge in [-0.05, 0) is 68.1 Å². The first-order valence-corrected chi connectivity index (χ1v) is 18.2. The number of aryl methyl sites for hydroxylation is 2. The zero-order chi connectivity index (χ0) is 36.1. The molecule has 1 aliphatic carbocycles. The van der Waals surface area contributed by atoms with Crippen molar-refractivity contribution < 1.29 is 31.2 Å². The summed E-state index contributed by atoms with van der Waals surface area (Å²) in [5, 5.41) is 2.49. The molecular weight excluding hydrogens is 687 g/mol. The average Bonchev–Trinajstić information content (AvgIpc) is 3.58. The van der Waals surface area contributed by atoms with Gasteiger partial charge in [-0.1, -0.05) is 102 Å². The minimum atomic E-state index is -4.90. The van der Waals surface area contributed by atoms with Gasteiger partial charge in [-0.2, -0.15) is 13.2 Å². The second kappa shape index (κ2) is 15.7. The summed E-state index contributed by atoms with van der Waals surface area (Å²) in [5.74, 6) is -1.16. The quantitative estimate of drug-likeness (QED) is 0.161. The summed E-state index contributed by atoms with van der Waals surface area (Å²) in [5.41, 5.74) is 1.50. The summed E-state index contributed by atoms with van der Waals surface area (Å²) in [4.78, 5) is 29.9. The maximum Gasteiger partial charge on any atom is 0.417 e. The lowest BCUT2D eigenvalue weighted by molar-refractivity contribution is -0.140. The zero-order valence-corrected chi connectivity index (χ0v) is 29.4. The normalized spacial score (nSPS) is 14.3. The fourth-order valence-electron chi connectivity index (χ4n) is 6.18. The number of alkyl halides is 3. The Morgan fingerprint density at radius 2 is 1.52 bits per heavy atom. The SMILES string of the molecule is Cc1ccc(S(=O)(=O)N(CC(=O)N(Cc2cccc(C)c2)[C@@H](Cc2ccccc2)C(=O)NC2CCCC2)c2ccc(Cl)c(C(F)(F)F)c2)cc1. The third kappa shape index (κ3) is 9.05. The van der Waals surface area contributed by atoms with Crippen molar-refractivity contribution in [3.05, 3.63) is 130 Å². The van der Waals surface area contributed by atoms with Crippen LogP contribution in [0.15, 0.2) is 102 Å². The Balaban J connectivity index is 1.61. The van der Waals surface area contributed by atoms with E-state index in [1.807, 2.05) is 55.5 Å². The van der Waals surface area contributed by atoms with Gasteiger partial charge in [0.2, 0.25) is 11.8 Å². The van der Waals surface area contributed by atoms with Gasteiger partial charge in [0, 0.05) is 19.0 Å². The lowest BCUT2D eigenvalue weighted by Crippen LogP contribution is -2.54. The van der Waals surface area contributed by atoms with Crippen LogP contribution >= 0.6 is 11.6 Å². The van der Waals surface area contributed by atoms with Crippen molar-refractivity contribution in [3.63, 3.8) is 0 Å². The first kappa shape index (κ1) is 36.9. The zero-order valence-electron chi connectivity index (χ0n) is 27.8. The Morgan fingerprint density at radius 1 is 0.860 bits per heavy atom. The molecule has 1 atom stereocenters. The average molecular weight is 726 g/mol. The number of carbonyl (C=O) groups is 2. The largest absolute Gasteiger partial charge is 0.417 e. The van der Waals surface area contributed by atoms with Crippen LogP contribution in [0.3, 0.4) is 0 Å². The van der Waals surface area contributed by atoms with Crippen molar-refractivity contribution in [2.45, 2.75) is 75.7 Å². The van der Waals surface area contributed by atoms with E-state index in [4.69, 9.17) is 11.6 Å². The van der Waals surface area contributed by atoms with Gasteiger partial charge in [-0.15, -0.1) is 0 Å². The highest BCUT2D eigenvalue weighted by molar-refractivity contribution is 7.92. The Kier molecular flexibility index (Phi) is 11.6. The van der Waals surface area contributed by atoms with Crippen molar-refractivity contribution in [2.24, 2.45) is 0 Å². The van der Waals surface area contributed by atoms with Gasteiger partial charge in [-0.3, -0.25) is 13.9 Å². The topological polar surface area (TPSA) is 86.8 Å². The van der Waals surface area contributed by atoms with E-state index in [1.165, 1.54) is 17.0 Å². The highest BCUT2D eigenvalue weighted by atomic mass is 35.5. The number of anilines is 1. The predicted molar refractivity (Wildman–Crippen MR) is 188 cm³/mol. The van der Waals surface area contributed by atoms with Gasteiger partial charge in [0.1, 0.15) is 12.6 Å². The molecule has 4 aromatic carbocycles. The van der Waals surface area contributed by atoms with E-state index < -0.39 is 51.0 Å². The van der Waals surface area contributed by atoms with E-state index in [0.29, 0.717) is 15.9 Å². The van der Waals surface area contributed by atoms with Crippen molar-refractivity contribution >= 4 is 39.1 Å². The van der Waals surface area contributed by atoms with Crippen LogP contribution < -0.4 is 9.62 Å². The molecule has 5 rings (SSSR count). The van der Waals surface area contributed by atoms with Crippen molar-refractivity contribution in [1.82, 2.24) is 10.2 Å². The molecule has 0 aromatic heterocycles. The van der Waals surface area contributed by atoms with Crippen LogP contribution in [0.25, 0.3) is 0 Å². The molecule has 1 aliphatic rings. The minimum Gasteiger partial charge on any atom is -0.352 e. The van der Waals surface area contributed by atoms with Gasteiger partial charge in [0.05, 0.1) is 21.2 Å². The molecule has 12 heteroatoms. The van der Waals surface area contributed by atoms with E-state index in [1.54, 1.807) is 25.1 Å². The van der Waals surface area contributed by atoms with E-state index in [-0.39, 0.29) is 29.8 Å². The molecule has 0 heterocycles. The lowest BCUT2D eigenvalue weighted by atomic mass is 10.0. The van der Waals surface area contributed by atoms with Gasteiger partial charge in [0.15, 0.2) is 0 Å². The molecule has 1 fully saturated rings. The fourth-order valence-corrected chi connectivity index (χ4v) is 7.81. The molecular formula is C38H39ClF3N3O4S. The van der Waals surface area contributed by atoms with Crippen LogP contribution in [0.4, 0.5) is 18.9 Å². The third-order valence-corrected chi connectivity index (χ3v) is 11.0. The fraction of sp³-hybridized carbons (Fsp3) is 0.316. The van der Waals surface area contributed by atoms with E-state index in [9.17, 15) is 31.2 Å². The van der Waals surface area contributed by atoms with Gasteiger partial charge < -0.3 is 10.2 Å². The molecule has 0 radical (unpaired) electrons. The molecule has 0 bridgehead atoms. The second-order valence-corrected chi connectivity index (χ2v) is 15.0. The predicted octanol–water partition coefficient (Wildman–Crippen LogP) is 7.87. The van der Waals surface area contributed by atoms with Gasteiger partial charge >= 0.3 is 6.18 Å². The molecule has 0 unspecified atom stereocenters. The minimum absolute atomic E-state index is 0.0526. The number of hydrogen-bond acceptors (Lipinski definition) is 4. The van der Waals surface area contributed by atoms with Crippen LogP contribution in [0.1, 0.15) is 53.5 Å². The summed E-state index contributed by atoms with van der Waals surface area (Å²) in [7, 11) is -4.60. The molecule has 2 amide bonds. The highest BCUT2D eigenvalue weighted by Crippen LogP contribution is 2.38. The third-order valence-electron chi connectivity index (χ3n) is 8.84. The van der Waals surface area contributed by atoms with Gasteiger partial charge in [-0.25, -0.2) is 8.42 Å². The number of halogens is 4. The molecule has 1 N–H and O–H groups in total. The second-order valence-electron chi connectivity index (χ2n) is 12.7. The molecule has 1 saturated carbocycles. The van der Waals surface area contributed by atoms with Crippen LogP contribution in [0.5, 0.6) is 0 Å². The first-order valence-electron chi connectivity index (χ1n) is 16.4. The molecule has 4 aromatic rings. The summed E-state index contributed by atoms with van der Waals surface area (Å²) in [6.07, 6.45) is -1.24. The summed E-state index contributed by atoms with van der Waals surface area (Å²) >= 11 is 5.91. The molecule has 0 aliphatic heterocycles. The van der Waals surface area contributed by atoms with E-state index >= 15 is 0 Å². The Morgan fingerprint density at radius 3 is 2.16 bits per heavy atom. The van der Waals surface area contributed by atoms with Crippen LogP contribution in [0, 0.1) is 13.8 Å². The lowest BCUT2D eigenvalue weighted by Gasteiger charge is -2.34. The van der Waals surface area contributed by atoms with E-state index in [0.717, 1.165) is 54.5 Å². The smallest absolute Gasteiger partial charge is 0.352 e. The standard InChI is InChI=1S/C38H39ClF3N3O4S/c1-26-15-18-32(19-16-26)50(48,49)45(31-17-20-34(39)33(23-31)38(40,41)42)25-36(46)44(24-29-12-8-9-27(2)21-29)35(22-28-10-4-3-5-11-28)37(47)43-30-13-6-7-14-30/h3-5,8-12,15-21,23,30,35H,6-7,13-14,22,24-25H2,1-2H3,(H,43,47)/t35-/m0/s1. The molecule has 7 nitrogen and oxygen atoms in total. The van der Waals surface area contributed by atoms with Crippen LogP contribution in [0.2, 0.25) is 5.02 Å². The number of hydrogen-bond donors (Lipinski definition) is 1.